The van der Waals surface area contributed by atoms with Crippen molar-refractivity contribution in [1.29, 1.82) is 0 Å². The quantitative estimate of drug-likeness (QED) is 0.170. The molecule has 0 unspecified atom stereocenters. The van der Waals surface area contributed by atoms with Crippen LogP contribution < -0.4 is 19.7 Å². The zero-order chi connectivity index (χ0) is 33.3. The summed E-state index contributed by atoms with van der Waals surface area (Å²) >= 11 is 0. The summed E-state index contributed by atoms with van der Waals surface area (Å²) in [7, 11) is -0.355. The number of anilines is 1. The largest absolute Gasteiger partial charge is 0.497 e. The van der Waals surface area contributed by atoms with E-state index < -0.39 is 22.2 Å². The first-order chi connectivity index (χ1) is 22.1. The van der Waals surface area contributed by atoms with Crippen molar-refractivity contribution in [1.82, 2.24) is 15.2 Å². The maximum atomic E-state index is 13.8. The van der Waals surface area contributed by atoms with Crippen LogP contribution in [0.15, 0.2) is 72.9 Å². The predicted molar refractivity (Wildman–Crippen MR) is 179 cm³/mol. The number of benzene rings is 3. The van der Waals surface area contributed by atoms with Crippen molar-refractivity contribution in [2.75, 3.05) is 30.8 Å². The summed E-state index contributed by atoms with van der Waals surface area (Å²) in [5, 5.41) is 25.4. The summed E-state index contributed by atoms with van der Waals surface area (Å²) in [6.07, 6.45) is 2.88. The van der Waals surface area contributed by atoms with E-state index in [2.05, 4.69) is 22.1 Å². The van der Waals surface area contributed by atoms with E-state index in [-0.39, 0.29) is 24.7 Å². The lowest BCUT2D eigenvalue weighted by atomic mass is 9.99. The lowest BCUT2D eigenvalue weighted by Crippen LogP contribution is -2.48. The van der Waals surface area contributed by atoms with E-state index in [0.29, 0.717) is 30.6 Å². The second-order valence-electron chi connectivity index (χ2n) is 11.2. The standard InChI is InChI=1S/C33H40N4O5S.CH2O2/c1-4-14-37-22-25-13-15-43(40,41)36(2)29-18-26(19-30(37)32(25)29)33(39)35-28(17-23-9-6-5-7-10-23)31(38)21-34-20-24-11-8-12-27(16-24)42-3;2-1-3/h5-12,16,18-19,22,28,31,34,38H,4,13-15,17,20-21H2,1-3H3,(H,35,39);1H,(H,2,3)/t28-,31+;/m0./s1. The van der Waals surface area contributed by atoms with Crippen molar-refractivity contribution < 1.29 is 33.0 Å². The highest BCUT2D eigenvalue weighted by Crippen LogP contribution is 2.37. The topological polar surface area (TPSA) is 150 Å². The molecular weight excluding hydrogens is 608 g/mol. The summed E-state index contributed by atoms with van der Waals surface area (Å²) in [5.74, 6) is 0.405. The summed E-state index contributed by atoms with van der Waals surface area (Å²) in [4.78, 5) is 22.2. The van der Waals surface area contributed by atoms with Gasteiger partial charge in [-0.1, -0.05) is 49.4 Å². The molecule has 5 rings (SSSR count). The molecule has 0 radical (unpaired) electrons. The predicted octanol–water partition coefficient (Wildman–Crippen LogP) is 3.57. The molecule has 0 bridgehead atoms. The minimum atomic E-state index is -3.53. The fourth-order valence-electron chi connectivity index (χ4n) is 5.70. The number of amides is 1. The van der Waals surface area contributed by atoms with E-state index in [0.717, 1.165) is 46.3 Å². The van der Waals surface area contributed by atoms with E-state index >= 15 is 0 Å². The van der Waals surface area contributed by atoms with Crippen LogP contribution >= 0.6 is 0 Å². The summed E-state index contributed by atoms with van der Waals surface area (Å²) in [6.45, 7) is 3.37. The Morgan fingerprint density at radius 1 is 1.09 bits per heavy atom. The van der Waals surface area contributed by atoms with Crippen LogP contribution in [0, 0.1) is 0 Å². The van der Waals surface area contributed by atoms with Gasteiger partial charge in [-0.15, -0.1) is 0 Å². The molecule has 4 N–H and O–H groups in total. The zero-order valence-electron chi connectivity index (χ0n) is 26.3. The van der Waals surface area contributed by atoms with Gasteiger partial charge in [0.25, 0.3) is 12.4 Å². The third-order valence-electron chi connectivity index (χ3n) is 8.05. The Hall–Kier alpha value is -4.39. The Morgan fingerprint density at radius 3 is 2.50 bits per heavy atom. The lowest BCUT2D eigenvalue weighted by Gasteiger charge is -2.25. The van der Waals surface area contributed by atoms with Gasteiger partial charge in [0.2, 0.25) is 10.0 Å². The zero-order valence-corrected chi connectivity index (χ0v) is 27.2. The minimum absolute atomic E-state index is 0.0129. The number of aliphatic hydroxyl groups excluding tert-OH is 1. The highest BCUT2D eigenvalue weighted by atomic mass is 32.2. The molecule has 1 aliphatic heterocycles. The number of nitrogens with one attached hydrogen (secondary N) is 2. The number of hydrogen-bond acceptors (Lipinski definition) is 7. The van der Waals surface area contributed by atoms with E-state index in [1.54, 1.807) is 20.2 Å². The van der Waals surface area contributed by atoms with E-state index in [1.165, 1.54) is 4.31 Å². The molecule has 3 aromatic carbocycles. The molecular formula is C34H42N4O7S. The van der Waals surface area contributed by atoms with Crippen LogP contribution in [-0.2, 0) is 40.7 Å². The first kappa shape index (κ1) is 34.5. The van der Waals surface area contributed by atoms with Gasteiger partial charge in [0.15, 0.2) is 0 Å². The third-order valence-corrected chi connectivity index (χ3v) is 9.80. The maximum Gasteiger partial charge on any atom is 0.290 e. The van der Waals surface area contributed by atoms with Gasteiger partial charge in [0.1, 0.15) is 5.75 Å². The lowest BCUT2D eigenvalue weighted by molar-refractivity contribution is -0.122. The number of carbonyl (C=O) groups excluding carboxylic acids is 1. The Labute approximate surface area is 269 Å². The summed E-state index contributed by atoms with van der Waals surface area (Å²) in [6, 6.07) is 20.3. The Bertz CT molecular complexity index is 1740. The average Bonchev–Trinajstić information content (AvgIpc) is 3.36. The van der Waals surface area contributed by atoms with Crippen LogP contribution in [0.4, 0.5) is 5.69 Å². The molecule has 1 aromatic heterocycles. The van der Waals surface area contributed by atoms with Crippen LogP contribution in [0.1, 0.15) is 40.4 Å². The van der Waals surface area contributed by atoms with Gasteiger partial charge < -0.3 is 30.2 Å². The molecule has 11 nitrogen and oxygen atoms in total. The maximum absolute atomic E-state index is 13.8. The first-order valence-electron chi connectivity index (χ1n) is 15.2. The van der Waals surface area contributed by atoms with E-state index in [4.69, 9.17) is 14.6 Å². The third kappa shape index (κ3) is 8.25. The molecule has 0 aliphatic carbocycles. The highest BCUT2D eigenvalue weighted by molar-refractivity contribution is 7.92. The first-order valence-corrected chi connectivity index (χ1v) is 16.8. The van der Waals surface area contributed by atoms with Gasteiger partial charge in [-0.05, 0) is 60.2 Å². The normalized spacial score (nSPS) is 14.8. The molecule has 4 aromatic rings. The van der Waals surface area contributed by atoms with Crippen LogP contribution in [-0.4, -0.2) is 74.2 Å². The fourth-order valence-corrected chi connectivity index (χ4v) is 6.90. The monoisotopic (exact) mass is 650 g/mol. The number of sulfonamides is 1. The average molecular weight is 651 g/mol. The highest BCUT2D eigenvalue weighted by Gasteiger charge is 2.30. The van der Waals surface area contributed by atoms with Crippen LogP contribution in [0.3, 0.4) is 0 Å². The number of hydrogen-bond donors (Lipinski definition) is 4. The number of carboxylic acid groups (broad SMARTS) is 1. The second-order valence-corrected chi connectivity index (χ2v) is 13.3. The smallest absolute Gasteiger partial charge is 0.290 e. The van der Waals surface area contributed by atoms with Crippen LogP contribution in [0.2, 0.25) is 0 Å². The fraction of sp³-hybridized carbons (Fsp3) is 0.353. The molecule has 46 heavy (non-hydrogen) atoms. The second kappa shape index (κ2) is 15.7. The number of nitrogens with zero attached hydrogens (tertiary/aromatic N) is 2. The van der Waals surface area contributed by atoms with Crippen molar-refractivity contribution >= 4 is 39.0 Å². The van der Waals surface area contributed by atoms with Crippen LogP contribution in [0.25, 0.3) is 10.9 Å². The SMILES string of the molecule is CCCn1cc2c3c(cc(C(=O)N[C@@H](Cc4ccccc4)[C@H](O)CNCc4cccc(OC)c4)cc31)N(C)S(=O)(=O)CC2.O=CO. The Balaban J connectivity index is 0.00000154. The summed E-state index contributed by atoms with van der Waals surface area (Å²) in [5.41, 5.74) is 4.66. The van der Waals surface area contributed by atoms with Crippen molar-refractivity contribution in [2.24, 2.45) is 0 Å². The molecule has 0 spiro atoms. The number of aryl methyl sites for hydroxylation is 2. The molecule has 246 valence electrons. The van der Waals surface area contributed by atoms with Gasteiger partial charge in [-0.3, -0.25) is 13.9 Å². The molecule has 1 amide bonds. The Kier molecular flexibility index (Phi) is 11.8. The van der Waals surface area contributed by atoms with E-state index in [1.807, 2.05) is 66.9 Å². The van der Waals surface area contributed by atoms with Crippen molar-refractivity contribution in [2.45, 2.75) is 51.4 Å². The minimum Gasteiger partial charge on any atom is -0.497 e. The van der Waals surface area contributed by atoms with Gasteiger partial charge in [-0.2, -0.15) is 0 Å². The van der Waals surface area contributed by atoms with E-state index in [9.17, 15) is 18.3 Å². The Morgan fingerprint density at radius 2 is 1.80 bits per heavy atom. The number of methoxy groups -OCH3 is 1. The van der Waals surface area contributed by atoms with Gasteiger partial charge in [-0.25, -0.2) is 8.42 Å². The number of carbonyl (C=O) groups is 2. The van der Waals surface area contributed by atoms with Crippen molar-refractivity contribution in [3.8, 4) is 5.75 Å². The number of aliphatic hydroxyl groups is 1. The van der Waals surface area contributed by atoms with Crippen molar-refractivity contribution in [3.05, 3.63) is 95.2 Å². The molecule has 1 aliphatic rings. The molecule has 12 heteroatoms. The molecule has 2 heterocycles. The van der Waals surface area contributed by atoms with Crippen molar-refractivity contribution in [3.63, 3.8) is 0 Å². The molecule has 2 atom stereocenters. The van der Waals surface area contributed by atoms with Gasteiger partial charge in [0, 0.05) is 43.8 Å². The van der Waals surface area contributed by atoms with Gasteiger partial charge >= 0.3 is 0 Å². The summed E-state index contributed by atoms with van der Waals surface area (Å²) < 4.78 is 34.7. The van der Waals surface area contributed by atoms with Gasteiger partial charge in [0.05, 0.1) is 36.2 Å². The number of rotatable bonds is 12. The van der Waals surface area contributed by atoms with Crippen LogP contribution in [0.5, 0.6) is 5.75 Å². The molecule has 0 saturated carbocycles. The molecule has 0 fully saturated rings. The number of ether oxygens (including phenoxy) is 1. The molecule has 0 saturated heterocycles. The number of aromatic nitrogens is 1.